The fraction of sp³-hybridized carbons (Fsp3) is 0.444. The van der Waals surface area contributed by atoms with Gasteiger partial charge in [-0.3, -0.25) is 9.69 Å². The zero-order valence-electron chi connectivity index (χ0n) is 14.2. The molecule has 0 amide bonds. The molecule has 2 aromatic rings. The van der Waals surface area contributed by atoms with E-state index in [0.717, 1.165) is 35.8 Å². The van der Waals surface area contributed by atoms with Crippen LogP contribution in [0.3, 0.4) is 0 Å². The van der Waals surface area contributed by atoms with Crippen molar-refractivity contribution < 1.29 is 14.2 Å². The van der Waals surface area contributed by atoms with E-state index < -0.39 is 0 Å². The van der Waals surface area contributed by atoms with Gasteiger partial charge in [0, 0.05) is 19.2 Å². The summed E-state index contributed by atoms with van der Waals surface area (Å²) in [4.78, 5) is 21.3. The van der Waals surface area contributed by atoms with E-state index in [9.17, 15) is 4.79 Å². The lowest BCUT2D eigenvalue weighted by Crippen LogP contribution is -2.40. The molecule has 2 aliphatic rings. The maximum atomic E-state index is 11.8. The predicted octanol–water partition coefficient (Wildman–Crippen LogP) is 1.42. The molecule has 7 nitrogen and oxygen atoms in total. The smallest absolute Gasteiger partial charge is 0.251 e. The molecule has 25 heavy (non-hydrogen) atoms. The molecule has 3 heterocycles. The quantitative estimate of drug-likeness (QED) is 0.908. The number of hydrogen-bond acceptors (Lipinski definition) is 6. The summed E-state index contributed by atoms with van der Waals surface area (Å²) in [6, 6.07) is 7.55. The molecule has 1 atom stereocenters. The maximum Gasteiger partial charge on any atom is 0.251 e. The van der Waals surface area contributed by atoms with Gasteiger partial charge < -0.3 is 19.2 Å². The Morgan fingerprint density at radius 2 is 2.04 bits per heavy atom. The second-order valence-electron chi connectivity index (χ2n) is 6.29. The fourth-order valence-electron chi connectivity index (χ4n) is 3.29. The van der Waals surface area contributed by atoms with E-state index in [0.29, 0.717) is 32.3 Å². The Hall–Kier alpha value is -2.38. The van der Waals surface area contributed by atoms with E-state index in [2.05, 4.69) is 20.9 Å². The highest BCUT2D eigenvalue weighted by atomic mass is 16.6. The molecule has 4 rings (SSSR count). The molecular weight excluding hydrogens is 322 g/mol. The molecule has 0 saturated carbocycles. The lowest BCUT2D eigenvalue weighted by atomic mass is 10.1. The summed E-state index contributed by atoms with van der Waals surface area (Å²) in [7, 11) is 0. The van der Waals surface area contributed by atoms with Crippen LogP contribution < -0.4 is 15.0 Å². The molecule has 1 unspecified atom stereocenters. The number of nitrogens with one attached hydrogen (secondary N) is 1. The molecule has 2 aliphatic heterocycles. The van der Waals surface area contributed by atoms with E-state index >= 15 is 0 Å². The number of H-pyrrole nitrogens is 1. The summed E-state index contributed by atoms with van der Waals surface area (Å²) in [5, 5.41) is 0. The number of aromatic amines is 1. The molecule has 1 aromatic carbocycles. The number of ether oxygens (including phenoxy) is 3. The van der Waals surface area contributed by atoms with E-state index in [1.54, 1.807) is 13.0 Å². The summed E-state index contributed by atoms with van der Waals surface area (Å²) in [6.45, 7) is 5.67. The second kappa shape index (κ2) is 6.85. The number of fused-ring (bicyclic) bond motifs is 1. The van der Waals surface area contributed by atoms with Gasteiger partial charge in [0.1, 0.15) is 19.0 Å². The molecule has 0 aliphatic carbocycles. The maximum absolute atomic E-state index is 11.8. The Morgan fingerprint density at radius 1 is 1.20 bits per heavy atom. The summed E-state index contributed by atoms with van der Waals surface area (Å²) in [5.41, 5.74) is 1.75. The van der Waals surface area contributed by atoms with Crippen molar-refractivity contribution in [3.8, 4) is 11.5 Å². The van der Waals surface area contributed by atoms with Crippen LogP contribution in [0.1, 0.15) is 23.1 Å². The minimum Gasteiger partial charge on any atom is -0.486 e. The number of aromatic nitrogens is 2. The van der Waals surface area contributed by atoms with Crippen molar-refractivity contribution in [2.75, 3.05) is 33.0 Å². The van der Waals surface area contributed by atoms with E-state index in [4.69, 9.17) is 14.2 Å². The molecule has 1 N–H and O–H groups in total. The first-order chi connectivity index (χ1) is 12.2. The van der Waals surface area contributed by atoms with Crippen molar-refractivity contribution in [1.29, 1.82) is 0 Å². The molecule has 132 valence electrons. The monoisotopic (exact) mass is 343 g/mol. The van der Waals surface area contributed by atoms with Gasteiger partial charge in [-0.15, -0.1) is 0 Å². The summed E-state index contributed by atoms with van der Waals surface area (Å²) in [6.07, 6.45) is 0. The Balaban J connectivity index is 1.58. The van der Waals surface area contributed by atoms with E-state index in [1.165, 1.54) is 0 Å². The van der Waals surface area contributed by atoms with Crippen LogP contribution in [0, 0.1) is 6.92 Å². The molecule has 0 spiro atoms. The molecule has 0 bridgehead atoms. The van der Waals surface area contributed by atoms with Crippen molar-refractivity contribution in [3.05, 3.63) is 51.7 Å². The average molecular weight is 343 g/mol. The molecule has 0 radical (unpaired) electrons. The largest absolute Gasteiger partial charge is 0.486 e. The van der Waals surface area contributed by atoms with Gasteiger partial charge in [-0.2, -0.15) is 0 Å². The Labute approximate surface area is 145 Å². The Kier molecular flexibility index (Phi) is 4.42. The number of nitrogens with zero attached hydrogens (tertiary/aromatic N) is 2. The van der Waals surface area contributed by atoms with Crippen LogP contribution in [0.15, 0.2) is 29.1 Å². The van der Waals surface area contributed by atoms with Crippen molar-refractivity contribution in [3.63, 3.8) is 0 Å². The Bertz CT molecular complexity index is 820. The van der Waals surface area contributed by atoms with Gasteiger partial charge in [0.15, 0.2) is 11.5 Å². The predicted molar refractivity (Wildman–Crippen MR) is 91.0 cm³/mol. The third-order valence-corrected chi connectivity index (χ3v) is 4.45. The first-order valence-corrected chi connectivity index (χ1v) is 8.47. The summed E-state index contributed by atoms with van der Waals surface area (Å²) >= 11 is 0. The molecular formula is C18H21N3O4. The number of rotatable bonds is 3. The van der Waals surface area contributed by atoms with Crippen LogP contribution in [0.2, 0.25) is 0 Å². The third kappa shape index (κ3) is 3.52. The van der Waals surface area contributed by atoms with Crippen LogP contribution in [-0.4, -0.2) is 47.8 Å². The molecule has 7 heteroatoms. The third-order valence-electron chi connectivity index (χ3n) is 4.45. The normalized spacial score (nSPS) is 20.4. The lowest BCUT2D eigenvalue weighted by Gasteiger charge is -2.35. The lowest BCUT2D eigenvalue weighted by molar-refractivity contribution is -0.0144. The highest BCUT2D eigenvalue weighted by molar-refractivity contribution is 5.43. The highest BCUT2D eigenvalue weighted by Crippen LogP contribution is 2.32. The molecule has 1 aromatic heterocycles. The SMILES string of the molecule is Cc1nc(C2COCCN2Cc2ccc3c(c2)OCCO3)cc(=O)[nH]1. The van der Waals surface area contributed by atoms with Gasteiger partial charge in [-0.1, -0.05) is 6.07 Å². The zero-order valence-corrected chi connectivity index (χ0v) is 14.2. The van der Waals surface area contributed by atoms with Crippen molar-refractivity contribution >= 4 is 0 Å². The highest BCUT2D eigenvalue weighted by Gasteiger charge is 2.27. The van der Waals surface area contributed by atoms with E-state index in [-0.39, 0.29) is 11.6 Å². The number of morpholine rings is 1. The van der Waals surface area contributed by atoms with Crippen molar-refractivity contribution in [2.45, 2.75) is 19.5 Å². The topological polar surface area (TPSA) is 76.7 Å². The average Bonchev–Trinajstić information content (AvgIpc) is 2.61. The van der Waals surface area contributed by atoms with Crippen LogP contribution in [-0.2, 0) is 11.3 Å². The van der Waals surface area contributed by atoms with Gasteiger partial charge in [-0.25, -0.2) is 4.98 Å². The van der Waals surface area contributed by atoms with Crippen LogP contribution in [0.4, 0.5) is 0 Å². The second-order valence-corrected chi connectivity index (χ2v) is 6.29. The van der Waals surface area contributed by atoms with Gasteiger partial charge in [-0.05, 0) is 24.6 Å². The van der Waals surface area contributed by atoms with Gasteiger partial charge in [0.25, 0.3) is 5.56 Å². The number of aryl methyl sites for hydroxylation is 1. The van der Waals surface area contributed by atoms with Gasteiger partial charge in [0.2, 0.25) is 0 Å². The number of benzene rings is 1. The zero-order chi connectivity index (χ0) is 17.2. The first kappa shape index (κ1) is 16.1. The molecule has 1 saturated heterocycles. The number of hydrogen-bond donors (Lipinski definition) is 1. The molecule has 1 fully saturated rings. The minimum absolute atomic E-state index is 0.0389. The van der Waals surface area contributed by atoms with Crippen molar-refractivity contribution in [2.24, 2.45) is 0 Å². The van der Waals surface area contributed by atoms with Gasteiger partial charge in [0.05, 0.1) is 24.9 Å². The fourth-order valence-corrected chi connectivity index (χ4v) is 3.29. The van der Waals surface area contributed by atoms with Gasteiger partial charge >= 0.3 is 0 Å². The summed E-state index contributed by atoms with van der Waals surface area (Å²) in [5.74, 6) is 2.20. The van der Waals surface area contributed by atoms with Crippen LogP contribution in [0.5, 0.6) is 11.5 Å². The first-order valence-electron chi connectivity index (χ1n) is 8.47. The standard InChI is InChI=1S/C18H21N3O4/c1-12-19-14(9-18(22)20-12)15-11-23-5-4-21(15)10-13-2-3-16-17(8-13)25-7-6-24-16/h2-3,8-9,15H,4-7,10-11H2,1H3,(H,19,20,22). The van der Waals surface area contributed by atoms with Crippen molar-refractivity contribution in [1.82, 2.24) is 14.9 Å². The van der Waals surface area contributed by atoms with Crippen LogP contribution >= 0.6 is 0 Å². The van der Waals surface area contributed by atoms with Crippen LogP contribution in [0.25, 0.3) is 0 Å². The Morgan fingerprint density at radius 3 is 2.88 bits per heavy atom. The summed E-state index contributed by atoms with van der Waals surface area (Å²) < 4.78 is 16.9. The minimum atomic E-state index is -0.132. The van der Waals surface area contributed by atoms with E-state index in [1.807, 2.05) is 12.1 Å².